The second-order valence-electron chi connectivity index (χ2n) is 12.3. The van der Waals surface area contributed by atoms with Gasteiger partial charge in [0, 0.05) is 57.6 Å². The van der Waals surface area contributed by atoms with Gasteiger partial charge in [-0.05, 0) is 122 Å². The molecule has 0 saturated heterocycles. The zero-order valence-corrected chi connectivity index (χ0v) is 29.2. The number of carbonyl (C=O) groups excluding carboxylic acids is 2. The number of hydrogen-bond acceptors (Lipinski definition) is 5. The van der Waals surface area contributed by atoms with Crippen LogP contribution in [0.5, 0.6) is 0 Å². The Bertz CT molecular complexity index is 2230. The molecule has 4 aromatic heterocycles. The molecule has 0 saturated carbocycles. The van der Waals surface area contributed by atoms with Gasteiger partial charge in [0.15, 0.2) is 0 Å². The van der Waals surface area contributed by atoms with Crippen LogP contribution in [-0.2, 0) is 44.7 Å². The summed E-state index contributed by atoms with van der Waals surface area (Å²) in [6.45, 7) is 12.7. The number of allylic oxidation sites excluding steroid dienone is 2. The van der Waals surface area contributed by atoms with Gasteiger partial charge in [0.05, 0.1) is 31.3 Å². The number of rotatable bonds is 9. The van der Waals surface area contributed by atoms with Gasteiger partial charge in [0.1, 0.15) is 0 Å². The molecule has 4 aromatic rings. The molecule has 9 heteroatoms. The zero-order chi connectivity index (χ0) is 34.7. The summed E-state index contributed by atoms with van der Waals surface area (Å²) in [5.41, 5.74) is 13.4. The first-order valence-corrected chi connectivity index (χ1v) is 16.5. The molecular formula is C39H45N5O4. The molecule has 1 aliphatic rings. The van der Waals surface area contributed by atoms with E-state index in [-0.39, 0.29) is 24.8 Å². The first-order chi connectivity index (χ1) is 23.1. The van der Waals surface area contributed by atoms with E-state index in [9.17, 15) is 14.9 Å². The van der Waals surface area contributed by atoms with Crippen LogP contribution in [0.25, 0.3) is 23.8 Å². The molecule has 48 heavy (non-hydrogen) atoms. The average Bonchev–Trinajstić information content (AvgIpc) is 3.75. The summed E-state index contributed by atoms with van der Waals surface area (Å²) < 4.78 is 9.99. The second kappa shape index (κ2) is 14.3. The van der Waals surface area contributed by atoms with E-state index in [4.69, 9.17) is 9.47 Å². The summed E-state index contributed by atoms with van der Waals surface area (Å²) in [7, 11) is 2.80. The van der Waals surface area contributed by atoms with Crippen molar-refractivity contribution in [1.82, 2.24) is 19.9 Å². The van der Waals surface area contributed by atoms with Crippen molar-refractivity contribution in [2.45, 2.75) is 80.1 Å². The van der Waals surface area contributed by atoms with Gasteiger partial charge in [0.2, 0.25) is 0 Å². The Labute approximate surface area is 280 Å². The number of carbonyl (C=O) groups is 2. The van der Waals surface area contributed by atoms with Crippen LogP contribution < -0.4 is 21.4 Å². The van der Waals surface area contributed by atoms with Crippen LogP contribution in [0.4, 0.5) is 0 Å². The number of H-pyrrole nitrogens is 4. The smallest absolute Gasteiger partial charge is 0.305 e. The van der Waals surface area contributed by atoms with Crippen molar-refractivity contribution in [2.24, 2.45) is 0 Å². The van der Waals surface area contributed by atoms with Crippen LogP contribution >= 0.6 is 0 Å². The lowest BCUT2D eigenvalue weighted by Gasteiger charge is -2.05. The lowest BCUT2D eigenvalue weighted by atomic mass is 9.99. The van der Waals surface area contributed by atoms with Crippen molar-refractivity contribution in [3.8, 4) is 6.07 Å². The van der Waals surface area contributed by atoms with Crippen molar-refractivity contribution in [2.75, 3.05) is 14.2 Å². The number of aromatic nitrogens is 4. The van der Waals surface area contributed by atoms with Crippen molar-refractivity contribution >= 4 is 35.7 Å². The molecule has 0 aromatic carbocycles. The van der Waals surface area contributed by atoms with Crippen LogP contribution in [0.1, 0.15) is 94.0 Å². The second-order valence-corrected chi connectivity index (χ2v) is 12.3. The number of nitriles is 1. The molecule has 9 nitrogen and oxygen atoms in total. The van der Waals surface area contributed by atoms with Crippen LogP contribution in [-0.4, -0.2) is 46.1 Å². The van der Waals surface area contributed by atoms with E-state index in [2.05, 4.69) is 78.9 Å². The maximum Gasteiger partial charge on any atom is 0.305 e. The van der Waals surface area contributed by atoms with Gasteiger partial charge >= 0.3 is 11.9 Å². The standard InChI is InChI=1S/C39H45N5O4/c1-9-25-21(3)30-18-31-23(5)27(13-15-36(45)47-7)34(42-31)20-35-28(14-16-37(46)48-8)24(6)38(44-35)29(12-11-17-40)39-26(10-2)22(4)32(43-39)19-33(25)41-30/h11-12,18-20,41-44H,9-10,13-16H2,1-8H3. The van der Waals surface area contributed by atoms with E-state index in [0.29, 0.717) is 12.8 Å². The maximum atomic E-state index is 12.3. The molecule has 0 spiro atoms. The van der Waals surface area contributed by atoms with Crippen molar-refractivity contribution < 1.29 is 19.1 Å². The van der Waals surface area contributed by atoms with E-state index >= 15 is 0 Å². The predicted molar refractivity (Wildman–Crippen MR) is 188 cm³/mol. The summed E-state index contributed by atoms with van der Waals surface area (Å²) in [5.74, 6) is -0.562. The molecule has 4 N–H and O–H groups in total. The van der Waals surface area contributed by atoms with E-state index in [1.54, 1.807) is 0 Å². The SMILES string of the molecule is CCc1c2[nH]c(c1C)C=c1[nH]c(c(C)c1CC)=Cc1[nH]c(c(CCC(=O)OC)c1C)C=c1[nH]c(c(C)c1CCC(=O)OC)=C2C=CC#N. The molecule has 0 fully saturated rings. The molecule has 0 atom stereocenters. The summed E-state index contributed by atoms with van der Waals surface area (Å²) in [4.78, 5) is 39.4. The van der Waals surface area contributed by atoms with Crippen molar-refractivity contribution in [1.29, 1.82) is 5.26 Å². The molecule has 0 radical (unpaired) electrons. The number of aromatic amines is 4. The van der Waals surface area contributed by atoms with Crippen LogP contribution in [0.2, 0.25) is 0 Å². The van der Waals surface area contributed by atoms with Gasteiger partial charge in [-0.15, -0.1) is 0 Å². The van der Waals surface area contributed by atoms with Gasteiger partial charge in [-0.25, -0.2) is 0 Å². The average molecular weight is 648 g/mol. The molecule has 250 valence electrons. The minimum atomic E-state index is -0.290. The minimum absolute atomic E-state index is 0.214. The van der Waals surface area contributed by atoms with E-state index < -0.39 is 0 Å². The number of nitrogens with one attached hydrogen (secondary N) is 4. The normalized spacial score (nSPS) is 12.4. The first kappa shape index (κ1) is 34.1. The Balaban J connectivity index is 1.98. The van der Waals surface area contributed by atoms with Crippen molar-refractivity contribution in [3.63, 3.8) is 0 Å². The molecule has 0 unspecified atom stereocenters. The zero-order valence-electron chi connectivity index (χ0n) is 29.2. The number of esters is 2. The number of methoxy groups -OCH3 is 2. The summed E-state index contributed by atoms with van der Waals surface area (Å²) in [6, 6.07) is 2.18. The van der Waals surface area contributed by atoms with Crippen LogP contribution in [0.15, 0.2) is 12.2 Å². The Kier molecular flexibility index (Phi) is 10.1. The molecule has 1 aliphatic heterocycles. The Morgan fingerprint density at radius 3 is 1.88 bits per heavy atom. The third-order valence-corrected chi connectivity index (χ3v) is 9.78. The highest BCUT2D eigenvalue weighted by Gasteiger charge is 2.20. The summed E-state index contributed by atoms with van der Waals surface area (Å²) in [6.07, 6.45) is 12.8. The van der Waals surface area contributed by atoms with E-state index in [1.165, 1.54) is 37.0 Å². The fraction of sp³-hybridized carbons (Fsp3) is 0.359. The number of fused-ring (bicyclic) bond motifs is 8. The van der Waals surface area contributed by atoms with E-state index in [0.717, 1.165) is 90.4 Å². The molecule has 5 rings (SSSR count). The fourth-order valence-electron chi connectivity index (χ4n) is 7.02. The number of nitrogens with zero attached hydrogens (tertiary/aromatic N) is 1. The molecule has 5 heterocycles. The molecular weight excluding hydrogens is 602 g/mol. The highest BCUT2D eigenvalue weighted by Crippen LogP contribution is 2.27. The monoisotopic (exact) mass is 647 g/mol. The summed E-state index contributed by atoms with van der Waals surface area (Å²) >= 11 is 0. The molecule has 0 amide bonds. The van der Waals surface area contributed by atoms with Crippen LogP contribution in [0, 0.1) is 39.0 Å². The van der Waals surface area contributed by atoms with Gasteiger partial charge < -0.3 is 29.4 Å². The number of ether oxygens (including phenoxy) is 2. The first-order valence-electron chi connectivity index (χ1n) is 16.5. The van der Waals surface area contributed by atoms with Gasteiger partial charge in [-0.1, -0.05) is 13.8 Å². The topological polar surface area (TPSA) is 140 Å². The third kappa shape index (κ3) is 6.35. The minimum Gasteiger partial charge on any atom is -0.469 e. The lowest BCUT2D eigenvalue weighted by Crippen LogP contribution is -2.16. The van der Waals surface area contributed by atoms with Gasteiger partial charge in [0.25, 0.3) is 0 Å². The Morgan fingerprint density at radius 2 is 1.25 bits per heavy atom. The third-order valence-electron chi connectivity index (χ3n) is 9.78. The quantitative estimate of drug-likeness (QED) is 0.162. The number of hydrogen-bond donors (Lipinski definition) is 4. The van der Waals surface area contributed by atoms with Gasteiger partial charge in [-0.2, -0.15) is 5.26 Å². The van der Waals surface area contributed by atoms with Gasteiger partial charge in [-0.3, -0.25) is 9.59 Å². The Morgan fingerprint density at radius 1 is 0.688 bits per heavy atom. The fourth-order valence-corrected chi connectivity index (χ4v) is 7.02. The maximum absolute atomic E-state index is 12.3. The van der Waals surface area contributed by atoms with Crippen LogP contribution in [0.3, 0.4) is 0 Å². The lowest BCUT2D eigenvalue weighted by molar-refractivity contribution is -0.141. The van der Waals surface area contributed by atoms with E-state index in [1.807, 2.05) is 13.0 Å². The Hall–Kier alpha value is -5.23. The molecule has 8 bridgehead atoms. The highest BCUT2D eigenvalue weighted by molar-refractivity contribution is 5.78. The van der Waals surface area contributed by atoms with Crippen molar-refractivity contribution in [3.05, 3.63) is 101 Å². The highest BCUT2D eigenvalue weighted by atomic mass is 16.5. The largest absolute Gasteiger partial charge is 0.469 e. The predicted octanol–water partition coefficient (Wildman–Crippen LogP) is 3.65. The molecule has 0 aliphatic carbocycles. The summed E-state index contributed by atoms with van der Waals surface area (Å²) in [5, 5.41) is 13.4.